The van der Waals surface area contributed by atoms with Crippen LogP contribution in [0, 0.1) is 15.9 Å². The molecule has 1 aromatic carbocycles. The van der Waals surface area contributed by atoms with E-state index in [0.717, 1.165) is 12.1 Å². The highest BCUT2D eigenvalue weighted by Gasteiger charge is 2.28. The van der Waals surface area contributed by atoms with Crippen molar-refractivity contribution in [2.75, 3.05) is 7.11 Å². The van der Waals surface area contributed by atoms with Crippen molar-refractivity contribution < 1.29 is 18.6 Å². The lowest BCUT2D eigenvalue weighted by atomic mass is 10.1. The third-order valence-corrected chi connectivity index (χ3v) is 4.09. The third kappa shape index (κ3) is 4.15. The van der Waals surface area contributed by atoms with Gasteiger partial charge >= 0.3 is 5.69 Å². The third-order valence-electron chi connectivity index (χ3n) is 2.60. The standard InChI is InChI=1S/C13H17FN2O4S/c1-8(15-21(19)13(2,3)4)9-6-11(16(17)18)12(20-5)7-10(9)14/h6-7H,1-5H3/b15-8+/t21-/m1/s1. The molecule has 0 spiro atoms. The van der Waals surface area contributed by atoms with E-state index in [0.29, 0.717) is 0 Å². The summed E-state index contributed by atoms with van der Waals surface area (Å²) >= 11 is -1.58. The zero-order valence-corrected chi connectivity index (χ0v) is 13.3. The zero-order chi connectivity index (χ0) is 16.4. The average Bonchev–Trinajstić information content (AvgIpc) is 2.36. The van der Waals surface area contributed by atoms with Crippen molar-refractivity contribution in [2.45, 2.75) is 32.4 Å². The van der Waals surface area contributed by atoms with Gasteiger partial charge in [0, 0.05) is 17.7 Å². The number of nitro benzene ring substituents is 1. The van der Waals surface area contributed by atoms with E-state index in [-0.39, 0.29) is 22.7 Å². The van der Waals surface area contributed by atoms with Crippen molar-refractivity contribution in [3.63, 3.8) is 0 Å². The fourth-order valence-corrected chi connectivity index (χ4v) is 2.06. The summed E-state index contributed by atoms with van der Waals surface area (Å²) < 4.78 is 34.0. The van der Waals surface area contributed by atoms with Gasteiger partial charge in [0.15, 0.2) is 5.75 Å². The van der Waals surface area contributed by atoms with Crippen LogP contribution in [0.1, 0.15) is 33.3 Å². The smallest absolute Gasteiger partial charge is 0.311 e. The topological polar surface area (TPSA) is 87.8 Å². The van der Waals surface area contributed by atoms with Gasteiger partial charge in [-0.25, -0.2) is 4.39 Å². The van der Waals surface area contributed by atoms with Gasteiger partial charge < -0.3 is 9.29 Å². The molecular weight excluding hydrogens is 299 g/mol. The first-order valence-corrected chi connectivity index (χ1v) is 7.18. The van der Waals surface area contributed by atoms with Gasteiger partial charge in [-0.05, 0) is 27.7 Å². The lowest BCUT2D eigenvalue weighted by molar-refractivity contribution is -0.385. The Morgan fingerprint density at radius 2 is 2.00 bits per heavy atom. The molecule has 6 nitrogen and oxygen atoms in total. The second kappa shape index (κ2) is 6.40. The van der Waals surface area contributed by atoms with E-state index in [9.17, 15) is 19.1 Å². The number of nitrogens with zero attached hydrogens (tertiary/aromatic N) is 2. The summed E-state index contributed by atoms with van der Waals surface area (Å²) in [7, 11) is 1.22. The lowest BCUT2D eigenvalue weighted by Crippen LogP contribution is -2.26. The quantitative estimate of drug-likeness (QED) is 0.370. The number of halogens is 1. The molecule has 0 amide bonds. The molecule has 116 valence electrons. The minimum atomic E-state index is -1.58. The Hall–Kier alpha value is -1.67. The van der Waals surface area contributed by atoms with Crippen LogP contribution in [0.2, 0.25) is 0 Å². The molecule has 21 heavy (non-hydrogen) atoms. The Morgan fingerprint density at radius 1 is 1.43 bits per heavy atom. The van der Waals surface area contributed by atoms with Crippen LogP contribution in [0.15, 0.2) is 16.5 Å². The average molecular weight is 316 g/mol. The van der Waals surface area contributed by atoms with Crippen molar-refractivity contribution >= 4 is 22.8 Å². The number of benzene rings is 1. The van der Waals surface area contributed by atoms with Gasteiger partial charge in [0.25, 0.3) is 0 Å². The first-order valence-electron chi connectivity index (χ1n) is 6.07. The molecule has 0 saturated carbocycles. The van der Waals surface area contributed by atoms with Crippen LogP contribution >= 0.6 is 0 Å². The SMILES string of the molecule is COc1cc(F)c(/C(C)=N/[S@+]([O-])C(C)(C)C)cc1[N+](=O)[O-]. The number of methoxy groups -OCH3 is 1. The molecule has 1 atom stereocenters. The molecule has 0 unspecified atom stereocenters. The normalized spacial score (nSPS) is 14.0. The molecule has 0 heterocycles. The van der Waals surface area contributed by atoms with Gasteiger partial charge in [-0.2, -0.15) is 0 Å². The van der Waals surface area contributed by atoms with E-state index in [1.54, 1.807) is 20.8 Å². The van der Waals surface area contributed by atoms with E-state index >= 15 is 0 Å². The fourth-order valence-electron chi connectivity index (χ4n) is 1.44. The first kappa shape index (κ1) is 17.4. The Labute approximate surface area is 125 Å². The summed E-state index contributed by atoms with van der Waals surface area (Å²) in [6.07, 6.45) is 0. The van der Waals surface area contributed by atoms with Gasteiger partial charge in [-0.1, -0.05) is 4.40 Å². The summed E-state index contributed by atoms with van der Waals surface area (Å²) in [6, 6.07) is 1.96. The van der Waals surface area contributed by atoms with Crippen LogP contribution in [0.3, 0.4) is 0 Å². The zero-order valence-electron chi connectivity index (χ0n) is 12.5. The summed E-state index contributed by atoms with van der Waals surface area (Å²) in [6.45, 7) is 6.64. The summed E-state index contributed by atoms with van der Waals surface area (Å²) in [4.78, 5) is 10.3. The molecule has 0 aromatic heterocycles. The van der Waals surface area contributed by atoms with Gasteiger partial charge in [-0.15, -0.1) is 0 Å². The number of nitro groups is 1. The number of hydrogen-bond acceptors (Lipinski definition) is 5. The van der Waals surface area contributed by atoms with Crippen LogP contribution in [0.25, 0.3) is 0 Å². The molecule has 1 rings (SSSR count). The summed E-state index contributed by atoms with van der Waals surface area (Å²) in [5, 5.41) is 11.0. The van der Waals surface area contributed by atoms with Crippen LogP contribution in [0.5, 0.6) is 5.75 Å². The Kier molecular flexibility index (Phi) is 5.30. The first-order chi connectivity index (χ1) is 9.57. The highest BCUT2D eigenvalue weighted by Crippen LogP contribution is 2.30. The molecule has 1 aromatic rings. The van der Waals surface area contributed by atoms with Crippen molar-refractivity contribution in [1.82, 2.24) is 0 Å². The van der Waals surface area contributed by atoms with E-state index in [4.69, 9.17) is 4.74 Å². The van der Waals surface area contributed by atoms with Crippen LogP contribution in [-0.2, 0) is 11.4 Å². The molecule has 0 bridgehead atoms. The molecular formula is C13H17FN2O4S. The molecule has 0 aliphatic carbocycles. The van der Waals surface area contributed by atoms with Crippen molar-refractivity contribution in [3.8, 4) is 5.75 Å². The molecule has 0 aliphatic rings. The number of ether oxygens (including phenoxy) is 1. The molecule has 0 saturated heterocycles. The van der Waals surface area contributed by atoms with Gasteiger partial charge in [0.1, 0.15) is 21.9 Å². The van der Waals surface area contributed by atoms with Crippen LogP contribution < -0.4 is 4.74 Å². The predicted octanol–water partition coefficient (Wildman–Crippen LogP) is 3.01. The molecule has 0 fully saturated rings. The van der Waals surface area contributed by atoms with Crippen molar-refractivity contribution in [2.24, 2.45) is 4.40 Å². The molecule has 8 heteroatoms. The molecule has 0 radical (unpaired) electrons. The molecule has 0 aliphatic heterocycles. The van der Waals surface area contributed by atoms with Gasteiger partial charge in [0.2, 0.25) is 0 Å². The van der Waals surface area contributed by atoms with Gasteiger partial charge in [0.05, 0.1) is 17.7 Å². The highest BCUT2D eigenvalue weighted by atomic mass is 32.2. The van der Waals surface area contributed by atoms with E-state index in [2.05, 4.69) is 4.40 Å². The number of hydrogen-bond donors (Lipinski definition) is 0. The Bertz CT molecular complexity index is 584. The Morgan fingerprint density at radius 3 is 2.43 bits per heavy atom. The maximum absolute atomic E-state index is 14.0. The van der Waals surface area contributed by atoms with Crippen molar-refractivity contribution in [1.29, 1.82) is 0 Å². The highest BCUT2D eigenvalue weighted by molar-refractivity contribution is 7.91. The monoisotopic (exact) mass is 316 g/mol. The summed E-state index contributed by atoms with van der Waals surface area (Å²) in [5.74, 6) is -0.893. The van der Waals surface area contributed by atoms with Crippen molar-refractivity contribution in [3.05, 3.63) is 33.6 Å². The van der Waals surface area contributed by atoms with E-state index < -0.39 is 26.8 Å². The van der Waals surface area contributed by atoms with E-state index in [1.807, 2.05) is 0 Å². The minimum Gasteiger partial charge on any atom is -0.591 e. The maximum atomic E-state index is 14.0. The van der Waals surface area contributed by atoms with Crippen LogP contribution in [0.4, 0.5) is 10.1 Å². The largest absolute Gasteiger partial charge is 0.591 e. The lowest BCUT2D eigenvalue weighted by Gasteiger charge is -2.18. The number of rotatable bonds is 4. The predicted molar refractivity (Wildman–Crippen MR) is 79.7 cm³/mol. The maximum Gasteiger partial charge on any atom is 0.311 e. The van der Waals surface area contributed by atoms with Gasteiger partial charge in [-0.3, -0.25) is 10.1 Å². The summed E-state index contributed by atoms with van der Waals surface area (Å²) in [5.41, 5.74) is -0.309. The second-order valence-electron chi connectivity index (χ2n) is 5.30. The van der Waals surface area contributed by atoms with E-state index in [1.165, 1.54) is 14.0 Å². The minimum absolute atomic E-state index is 0.0694. The Balaban J connectivity index is 3.34. The fraction of sp³-hybridized carbons (Fsp3) is 0.462. The molecule has 0 N–H and O–H groups in total. The van der Waals surface area contributed by atoms with Crippen LogP contribution in [-0.4, -0.2) is 27.0 Å². The second-order valence-corrected chi connectivity index (χ2v) is 7.20.